The second kappa shape index (κ2) is 2.25. The van der Waals surface area contributed by atoms with Crippen LogP contribution >= 0.6 is 0 Å². The fraction of sp³-hybridized carbons (Fsp3) is 0.143. The van der Waals surface area contributed by atoms with Crippen molar-refractivity contribution in [2.75, 3.05) is 0 Å². The molecule has 1 aromatic carbocycles. The lowest BCUT2D eigenvalue weighted by molar-refractivity contribution is 0.450. The van der Waals surface area contributed by atoms with Gasteiger partial charge in [-0.05, 0) is 17.9 Å². The Balaban J connectivity index is 3.28. The topological polar surface area (TPSA) is 40.5 Å². The molecule has 0 bridgehead atoms. The Morgan fingerprint density at radius 3 is 2.30 bits per heavy atom. The first-order chi connectivity index (χ1) is 4.61. The Hall–Kier alpha value is -1.12. The van der Waals surface area contributed by atoms with E-state index in [1.165, 1.54) is 6.07 Å². The van der Waals surface area contributed by atoms with Crippen LogP contribution in [0, 0.1) is 6.92 Å². The van der Waals surface area contributed by atoms with Gasteiger partial charge in [0.15, 0.2) is 0 Å². The predicted molar refractivity (Wildman–Crippen MR) is 42.7 cm³/mol. The molecule has 0 amide bonds. The van der Waals surface area contributed by atoms with Crippen molar-refractivity contribution in [1.82, 2.24) is 0 Å². The summed E-state index contributed by atoms with van der Waals surface area (Å²) in [5.74, 6) is 0.284. The van der Waals surface area contributed by atoms with Crippen molar-refractivity contribution < 1.29 is 10.2 Å². The third-order valence-corrected chi connectivity index (χ3v) is 1.51. The van der Waals surface area contributed by atoms with Gasteiger partial charge in [-0.1, -0.05) is 6.07 Å². The van der Waals surface area contributed by atoms with E-state index in [4.69, 9.17) is 10.2 Å². The molecule has 0 saturated carbocycles. The summed E-state index contributed by atoms with van der Waals surface area (Å²) in [6.07, 6.45) is 0. The van der Waals surface area contributed by atoms with Gasteiger partial charge in [-0.2, -0.15) is 0 Å². The van der Waals surface area contributed by atoms with Crippen LogP contribution in [0.25, 0.3) is 0 Å². The zero-order valence-corrected chi connectivity index (χ0v) is 6.05. The molecule has 0 heterocycles. The minimum atomic E-state index is 0.142. The largest absolute Gasteiger partial charge is 0.508 e. The Kier molecular flexibility index (Phi) is 1.58. The van der Waals surface area contributed by atoms with Gasteiger partial charge in [-0.25, -0.2) is 0 Å². The van der Waals surface area contributed by atoms with Gasteiger partial charge in [0.05, 0.1) is 0 Å². The van der Waals surface area contributed by atoms with Crippen molar-refractivity contribution in [3.63, 3.8) is 0 Å². The summed E-state index contributed by atoms with van der Waals surface area (Å²) < 4.78 is 0. The molecular weight excluding hydrogens is 127 g/mol. The summed E-state index contributed by atoms with van der Waals surface area (Å²) in [6.45, 7) is 1.79. The summed E-state index contributed by atoms with van der Waals surface area (Å²) in [4.78, 5) is 0. The van der Waals surface area contributed by atoms with Crippen LogP contribution in [0.2, 0.25) is 0 Å². The number of rotatable bonds is 0. The van der Waals surface area contributed by atoms with Crippen molar-refractivity contribution in [3.8, 4) is 11.5 Å². The SMILES string of the molecule is Bc1cc(C)c(O)cc1O. The van der Waals surface area contributed by atoms with Gasteiger partial charge in [-0.15, -0.1) is 0 Å². The van der Waals surface area contributed by atoms with Crippen LogP contribution in [-0.2, 0) is 0 Å². The molecule has 2 N–H and O–H groups in total. The van der Waals surface area contributed by atoms with Gasteiger partial charge >= 0.3 is 0 Å². The summed E-state index contributed by atoms with van der Waals surface area (Å²) in [6, 6.07) is 3.09. The van der Waals surface area contributed by atoms with E-state index < -0.39 is 0 Å². The van der Waals surface area contributed by atoms with E-state index in [0.29, 0.717) is 0 Å². The standard InChI is InChI=1S/C7H9BO2/c1-4-2-5(8)7(10)3-6(4)9/h2-3,9-10H,8H2,1H3. The van der Waals surface area contributed by atoms with Gasteiger partial charge in [0.25, 0.3) is 0 Å². The Morgan fingerprint density at radius 1 is 1.20 bits per heavy atom. The molecule has 3 heteroatoms. The molecule has 52 valence electrons. The third-order valence-electron chi connectivity index (χ3n) is 1.51. The third kappa shape index (κ3) is 1.08. The fourth-order valence-corrected chi connectivity index (χ4v) is 0.830. The van der Waals surface area contributed by atoms with E-state index in [1.54, 1.807) is 20.8 Å². The van der Waals surface area contributed by atoms with E-state index in [0.717, 1.165) is 11.0 Å². The van der Waals surface area contributed by atoms with Crippen molar-refractivity contribution in [3.05, 3.63) is 17.7 Å². The van der Waals surface area contributed by atoms with Crippen molar-refractivity contribution in [2.24, 2.45) is 0 Å². The van der Waals surface area contributed by atoms with Crippen molar-refractivity contribution in [1.29, 1.82) is 0 Å². The Labute approximate surface area is 60.5 Å². The highest BCUT2D eigenvalue weighted by Crippen LogP contribution is 2.18. The molecule has 10 heavy (non-hydrogen) atoms. The first kappa shape index (κ1) is 7.00. The molecule has 0 saturated heterocycles. The minimum Gasteiger partial charge on any atom is -0.508 e. The van der Waals surface area contributed by atoms with Crippen LogP contribution in [0.4, 0.5) is 0 Å². The summed E-state index contributed by atoms with van der Waals surface area (Å²) in [7, 11) is 1.79. The van der Waals surface area contributed by atoms with Gasteiger partial charge in [0, 0.05) is 6.07 Å². The molecule has 0 aliphatic rings. The molecule has 0 atom stereocenters. The molecule has 2 nitrogen and oxygen atoms in total. The number of hydrogen-bond donors (Lipinski definition) is 2. The van der Waals surface area contributed by atoms with Gasteiger partial charge in [0.1, 0.15) is 19.3 Å². The minimum absolute atomic E-state index is 0.142. The number of aromatic hydroxyl groups is 2. The smallest absolute Gasteiger partial charge is 0.144 e. The van der Waals surface area contributed by atoms with Gasteiger partial charge in [-0.3, -0.25) is 0 Å². The molecule has 0 fully saturated rings. The Morgan fingerprint density at radius 2 is 1.80 bits per heavy atom. The first-order valence-electron chi connectivity index (χ1n) is 3.10. The van der Waals surface area contributed by atoms with E-state index in [1.807, 2.05) is 0 Å². The lowest BCUT2D eigenvalue weighted by atomic mass is 9.93. The summed E-state index contributed by atoms with van der Waals surface area (Å²) in [5.41, 5.74) is 1.57. The van der Waals surface area contributed by atoms with Crippen molar-refractivity contribution in [2.45, 2.75) is 6.92 Å². The molecule has 1 aromatic rings. The van der Waals surface area contributed by atoms with Crippen LogP contribution in [0.15, 0.2) is 12.1 Å². The Bertz CT molecular complexity index is 208. The quantitative estimate of drug-likeness (QED) is 0.479. The normalized spacial score (nSPS) is 9.70. The van der Waals surface area contributed by atoms with Crippen LogP contribution in [0.3, 0.4) is 0 Å². The van der Waals surface area contributed by atoms with E-state index >= 15 is 0 Å². The van der Waals surface area contributed by atoms with E-state index in [9.17, 15) is 0 Å². The maximum Gasteiger partial charge on any atom is 0.144 e. The van der Waals surface area contributed by atoms with Crippen LogP contribution in [-0.4, -0.2) is 18.1 Å². The van der Waals surface area contributed by atoms with E-state index in [2.05, 4.69) is 0 Å². The van der Waals surface area contributed by atoms with Crippen molar-refractivity contribution >= 4 is 13.3 Å². The molecule has 0 aliphatic heterocycles. The highest BCUT2D eigenvalue weighted by atomic mass is 16.3. The zero-order valence-electron chi connectivity index (χ0n) is 6.05. The molecular formula is C7H9BO2. The highest BCUT2D eigenvalue weighted by Gasteiger charge is 1.99. The average Bonchev–Trinajstić information content (AvgIpc) is 1.84. The molecule has 0 unspecified atom stereocenters. The monoisotopic (exact) mass is 136 g/mol. The average molecular weight is 136 g/mol. The number of phenolic OH excluding ortho intramolecular Hbond substituents is 2. The number of phenols is 2. The summed E-state index contributed by atoms with van der Waals surface area (Å²) in [5, 5.41) is 18.1. The fourth-order valence-electron chi connectivity index (χ4n) is 0.830. The van der Waals surface area contributed by atoms with Gasteiger partial charge < -0.3 is 10.2 Å². The number of aryl methyl sites for hydroxylation is 1. The first-order valence-corrected chi connectivity index (χ1v) is 3.10. The predicted octanol–water partition coefficient (Wildman–Crippen LogP) is -0.335. The molecule has 0 aromatic heterocycles. The number of benzene rings is 1. The van der Waals surface area contributed by atoms with Crippen LogP contribution < -0.4 is 5.46 Å². The van der Waals surface area contributed by atoms with Crippen LogP contribution in [0.1, 0.15) is 5.56 Å². The summed E-state index contributed by atoms with van der Waals surface area (Å²) >= 11 is 0. The maximum atomic E-state index is 9.06. The number of hydrogen-bond acceptors (Lipinski definition) is 2. The lowest BCUT2D eigenvalue weighted by Crippen LogP contribution is -2.02. The molecule has 0 aliphatic carbocycles. The second-order valence-corrected chi connectivity index (χ2v) is 2.43. The second-order valence-electron chi connectivity index (χ2n) is 2.43. The zero-order chi connectivity index (χ0) is 7.72. The maximum absolute atomic E-state index is 9.06. The lowest BCUT2D eigenvalue weighted by Gasteiger charge is -2.01. The van der Waals surface area contributed by atoms with Gasteiger partial charge in [0.2, 0.25) is 0 Å². The molecule has 0 spiro atoms. The highest BCUT2D eigenvalue weighted by molar-refractivity contribution is 6.34. The molecule has 0 radical (unpaired) electrons. The van der Waals surface area contributed by atoms with Crippen LogP contribution in [0.5, 0.6) is 11.5 Å². The van der Waals surface area contributed by atoms with E-state index in [-0.39, 0.29) is 11.5 Å². The molecule has 1 rings (SSSR count).